The number of benzene rings is 1. The first-order chi connectivity index (χ1) is 10.6. The Labute approximate surface area is 135 Å². The van der Waals surface area contributed by atoms with Gasteiger partial charge in [-0.1, -0.05) is 30.3 Å². The van der Waals surface area contributed by atoms with Gasteiger partial charge in [0.15, 0.2) is 0 Å². The van der Waals surface area contributed by atoms with Crippen molar-refractivity contribution in [3.63, 3.8) is 0 Å². The van der Waals surface area contributed by atoms with Crippen LogP contribution in [0.2, 0.25) is 0 Å². The number of ether oxygens (including phenoxy) is 1. The van der Waals surface area contributed by atoms with Gasteiger partial charge in [-0.2, -0.15) is 11.3 Å². The maximum atomic E-state index is 12.6. The molecule has 1 saturated heterocycles. The zero-order valence-electron chi connectivity index (χ0n) is 13.0. The third kappa shape index (κ3) is 3.39. The molecular formula is C18H21NO2S. The molecule has 0 radical (unpaired) electrons. The Morgan fingerprint density at radius 1 is 1.27 bits per heavy atom. The summed E-state index contributed by atoms with van der Waals surface area (Å²) in [6, 6.07) is 10.2. The summed E-state index contributed by atoms with van der Waals surface area (Å²) in [5.41, 5.74) is 2.70. The van der Waals surface area contributed by atoms with E-state index in [1.165, 1.54) is 0 Å². The van der Waals surface area contributed by atoms with Crippen LogP contribution in [-0.2, 0) is 4.74 Å². The van der Waals surface area contributed by atoms with Crippen LogP contribution in [0.4, 0.5) is 0 Å². The van der Waals surface area contributed by atoms with E-state index in [2.05, 4.69) is 19.2 Å². The van der Waals surface area contributed by atoms with E-state index in [0.29, 0.717) is 6.61 Å². The average molecular weight is 315 g/mol. The van der Waals surface area contributed by atoms with E-state index in [0.717, 1.165) is 29.5 Å². The first-order valence-corrected chi connectivity index (χ1v) is 8.56. The van der Waals surface area contributed by atoms with Crippen molar-refractivity contribution >= 4 is 17.2 Å². The molecule has 1 fully saturated rings. The van der Waals surface area contributed by atoms with Crippen molar-refractivity contribution in [3.05, 3.63) is 46.7 Å². The van der Waals surface area contributed by atoms with E-state index in [4.69, 9.17) is 4.74 Å². The lowest BCUT2D eigenvalue weighted by atomic mass is 9.93. The molecule has 1 aromatic carbocycles. The summed E-state index contributed by atoms with van der Waals surface area (Å²) in [4.78, 5) is 12.6. The zero-order valence-corrected chi connectivity index (χ0v) is 13.8. The molecule has 1 N–H and O–H groups in total. The van der Waals surface area contributed by atoms with Crippen molar-refractivity contribution in [1.29, 1.82) is 0 Å². The second-order valence-corrected chi connectivity index (χ2v) is 7.08. The monoisotopic (exact) mass is 315 g/mol. The van der Waals surface area contributed by atoms with E-state index in [1.807, 2.05) is 41.1 Å². The lowest BCUT2D eigenvalue weighted by Gasteiger charge is -2.35. The first-order valence-electron chi connectivity index (χ1n) is 7.62. The largest absolute Gasteiger partial charge is 0.375 e. The van der Waals surface area contributed by atoms with E-state index in [-0.39, 0.29) is 17.6 Å². The Hall–Kier alpha value is -1.65. The molecule has 1 aromatic heterocycles. The van der Waals surface area contributed by atoms with Crippen LogP contribution in [0.15, 0.2) is 41.1 Å². The molecule has 1 aliphatic heterocycles. The summed E-state index contributed by atoms with van der Waals surface area (Å²) < 4.78 is 5.71. The van der Waals surface area contributed by atoms with Gasteiger partial charge in [-0.25, -0.2) is 0 Å². The van der Waals surface area contributed by atoms with E-state index >= 15 is 0 Å². The highest BCUT2D eigenvalue weighted by atomic mass is 32.1. The van der Waals surface area contributed by atoms with Gasteiger partial charge in [-0.3, -0.25) is 4.79 Å². The molecule has 1 unspecified atom stereocenters. The van der Waals surface area contributed by atoms with Crippen LogP contribution in [0.3, 0.4) is 0 Å². The standard InChI is InChI=1S/C18H21NO2S/c1-18(2)10-14(8-9-21-18)19-17(20)16-12-22-11-15(16)13-6-4-3-5-7-13/h3-7,11-12,14H,8-10H2,1-2H3,(H,19,20). The maximum absolute atomic E-state index is 12.6. The second-order valence-electron chi connectivity index (χ2n) is 6.34. The molecule has 3 rings (SSSR count). The molecule has 0 bridgehead atoms. The molecule has 1 aliphatic rings. The average Bonchev–Trinajstić information content (AvgIpc) is 2.96. The van der Waals surface area contributed by atoms with Gasteiger partial charge in [0.1, 0.15) is 0 Å². The Bertz CT molecular complexity index is 648. The summed E-state index contributed by atoms with van der Waals surface area (Å²) in [7, 11) is 0. The Morgan fingerprint density at radius 3 is 2.77 bits per heavy atom. The van der Waals surface area contributed by atoms with Crippen molar-refractivity contribution < 1.29 is 9.53 Å². The van der Waals surface area contributed by atoms with Crippen molar-refractivity contribution in [1.82, 2.24) is 5.32 Å². The van der Waals surface area contributed by atoms with Crippen molar-refractivity contribution in [2.24, 2.45) is 0 Å². The number of hydrogen-bond donors (Lipinski definition) is 1. The number of nitrogens with one attached hydrogen (secondary N) is 1. The summed E-state index contributed by atoms with van der Waals surface area (Å²) in [5, 5.41) is 7.15. The molecule has 4 heteroatoms. The normalized spacial score (nSPS) is 20.5. The van der Waals surface area contributed by atoms with Gasteiger partial charge >= 0.3 is 0 Å². The van der Waals surface area contributed by atoms with Crippen molar-refractivity contribution in [2.75, 3.05) is 6.61 Å². The fourth-order valence-electron chi connectivity index (χ4n) is 2.93. The minimum Gasteiger partial charge on any atom is -0.375 e. The van der Waals surface area contributed by atoms with Crippen molar-refractivity contribution in [3.8, 4) is 11.1 Å². The van der Waals surface area contributed by atoms with Crippen LogP contribution >= 0.6 is 11.3 Å². The quantitative estimate of drug-likeness (QED) is 0.926. The molecule has 0 saturated carbocycles. The highest BCUT2D eigenvalue weighted by Crippen LogP contribution is 2.28. The Balaban J connectivity index is 1.75. The minimum absolute atomic E-state index is 0.0165. The van der Waals surface area contributed by atoms with E-state index < -0.39 is 0 Å². The van der Waals surface area contributed by atoms with Crippen LogP contribution in [0.25, 0.3) is 11.1 Å². The Kier molecular flexibility index (Phi) is 4.32. The molecule has 0 spiro atoms. The van der Waals surface area contributed by atoms with Crippen LogP contribution in [0, 0.1) is 0 Å². The first kappa shape index (κ1) is 15.3. The molecule has 116 valence electrons. The van der Waals surface area contributed by atoms with Gasteiger partial charge in [0.05, 0.1) is 11.2 Å². The number of thiophene rings is 1. The number of amides is 1. The lowest BCUT2D eigenvalue weighted by molar-refractivity contribution is -0.0615. The van der Waals surface area contributed by atoms with E-state index in [1.54, 1.807) is 11.3 Å². The number of carbonyl (C=O) groups excluding carboxylic acids is 1. The second kappa shape index (κ2) is 6.23. The number of rotatable bonds is 3. The van der Waals surface area contributed by atoms with Crippen LogP contribution < -0.4 is 5.32 Å². The predicted octanol–water partition coefficient (Wildman–Crippen LogP) is 4.10. The molecule has 0 aliphatic carbocycles. The molecule has 2 heterocycles. The fourth-order valence-corrected chi connectivity index (χ4v) is 3.77. The Morgan fingerprint density at radius 2 is 2.05 bits per heavy atom. The highest BCUT2D eigenvalue weighted by molar-refractivity contribution is 7.08. The SMILES string of the molecule is CC1(C)CC(NC(=O)c2cscc2-c2ccccc2)CCO1. The molecule has 3 nitrogen and oxygen atoms in total. The van der Waals surface area contributed by atoms with Crippen LogP contribution in [0.1, 0.15) is 37.0 Å². The number of hydrogen-bond acceptors (Lipinski definition) is 3. The molecule has 2 aromatic rings. The third-order valence-electron chi connectivity index (χ3n) is 4.02. The zero-order chi connectivity index (χ0) is 15.6. The van der Waals surface area contributed by atoms with Gasteiger partial charge in [0, 0.05) is 23.6 Å². The molecule has 22 heavy (non-hydrogen) atoms. The molecule has 1 atom stereocenters. The van der Waals surface area contributed by atoms with Crippen LogP contribution in [-0.4, -0.2) is 24.2 Å². The van der Waals surface area contributed by atoms with Crippen molar-refractivity contribution in [2.45, 2.75) is 38.3 Å². The predicted molar refractivity (Wildman–Crippen MR) is 90.3 cm³/mol. The smallest absolute Gasteiger partial charge is 0.252 e. The highest BCUT2D eigenvalue weighted by Gasteiger charge is 2.30. The van der Waals surface area contributed by atoms with E-state index in [9.17, 15) is 4.79 Å². The van der Waals surface area contributed by atoms with Gasteiger partial charge in [0.25, 0.3) is 5.91 Å². The third-order valence-corrected chi connectivity index (χ3v) is 4.77. The van der Waals surface area contributed by atoms with Gasteiger partial charge in [-0.15, -0.1) is 0 Å². The lowest BCUT2D eigenvalue weighted by Crippen LogP contribution is -2.45. The summed E-state index contributed by atoms with van der Waals surface area (Å²) in [5.74, 6) is 0.0165. The summed E-state index contributed by atoms with van der Waals surface area (Å²) in [6.45, 7) is 4.85. The van der Waals surface area contributed by atoms with Gasteiger partial charge < -0.3 is 10.1 Å². The maximum Gasteiger partial charge on any atom is 0.252 e. The number of carbonyl (C=O) groups is 1. The molecule has 1 amide bonds. The van der Waals surface area contributed by atoms with Gasteiger partial charge in [0.2, 0.25) is 0 Å². The topological polar surface area (TPSA) is 38.3 Å². The molecular weight excluding hydrogens is 294 g/mol. The van der Waals surface area contributed by atoms with Gasteiger partial charge in [-0.05, 0) is 37.6 Å². The minimum atomic E-state index is -0.160. The summed E-state index contributed by atoms with van der Waals surface area (Å²) >= 11 is 1.57. The van der Waals surface area contributed by atoms with Crippen LogP contribution in [0.5, 0.6) is 0 Å². The summed E-state index contributed by atoms with van der Waals surface area (Å²) in [6.07, 6.45) is 1.73. The fraction of sp³-hybridized carbons (Fsp3) is 0.389.